The Morgan fingerprint density at radius 3 is 2.72 bits per heavy atom. The fraction of sp³-hybridized carbons (Fsp3) is 0.462. The van der Waals surface area contributed by atoms with Gasteiger partial charge in [-0.2, -0.15) is 0 Å². The fourth-order valence-electron chi connectivity index (χ4n) is 2.13. The van der Waals surface area contributed by atoms with Crippen LogP contribution in [-0.4, -0.2) is 36.2 Å². The number of nitrogens with two attached hydrogens (primary N) is 1. The van der Waals surface area contributed by atoms with Gasteiger partial charge in [0.1, 0.15) is 0 Å². The molecule has 1 amide bonds. The van der Waals surface area contributed by atoms with Crippen LogP contribution >= 0.6 is 0 Å². The number of hydrogen-bond donors (Lipinski definition) is 3. The molecule has 1 aromatic rings. The Bertz CT molecular complexity index is 419. The number of rotatable bonds is 3. The molecule has 0 saturated carbocycles. The lowest BCUT2D eigenvalue weighted by molar-refractivity contribution is -0.121. The molecule has 0 radical (unpaired) electrons. The van der Waals surface area contributed by atoms with Gasteiger partial charge in [-0.15, -0.1) is 0 Å². The van der Waals surface area contributed by atoms with Crippen molar-refractivity contribution in [3.8, 4) is 0 Å². The molecule has 0 aromatic heterocycles. The average molecular weight is 249 g/mol. The van der Waals surface area contributed by atoms with Gasteiger partial charge in [0.15, 0.2) is 0 Å². The van der Waals surface area contributed by atoms with Crippen molar-refractivity contribution >= 4 is 17.3 Å². The summed E-state index contributed by atoms with van der Waals surface area (Å²) >= 11 is 0. The van der Waals surface area contributed by atoms with Crippen LogP contribution in [0.2, 0.25) is 0 Å². The fourth-order valence-corrected chi connectivity index (χ4v) is 2.13. The van der Waals surface area contributed by atoms with Crippen molar-refractivity contribution in [3.63, 3.8) is 0 Å². The molecule has 4 N–H and O–H groups in total. The number of carbonyl (C=O) groups is 1. The van der Waals surface area contributed by atoms with E-state index in [0.29, 0.717) is 25.2 Å². The lowest BCUT2D eigenvalue weighted by atomic mass is 10.2. The molecule has 0 spiro atoms. The summed E-state index contributed by atoms with van der Waals surface area (Å²) in [5, 5.41) is 12.8. The van der Waals surface area contributed by atoms with E-state index in [1.54, 1.807) is 6.92 Å². The minimum absolute atomic E-state index is 0.0294. The highest BCUT2D eigenvalue weighted by atomic mass is 16.3. The Balaban J connectivity index is 2.01. The molecule has 0 bridgehead atoms. The monoisotopic (exact) mass is 249 g/mol. The van der Waals surface area contributed by atoms with Gasteiger partial charge in [0, 0.05) is 30.9 Å². The number of aliphatic hydroxyl groups excluding tert-OH is 1. The third-order valence-electron chi connectivity index (χ3n) is 3.21. The molecule has 98 valence electrons. The van der Waals surface area contributed by atoms with Gasteiger partial charge in [-0.25, -0.2) is 0 Å². The lowest BCUT2D eigenvalue weighted by Crippen LogP contribution is -2.42. The van der Waals surface area contributed by atoms with E-state index in [4.69, 9.17) is 5.73 Å². The van der Waals surface area contributed by atoms with Gasteiger partial charge in [-0.05, 0) is 24.3 Å². The van der Waals surface area contributed by atoms with Crippen LogP contribution < -0.4 is 16.0 Å². The number of nitrogens with one attached hydrogen (secondary N) is 1. The molecule has 18 heavy (non-hydrogen) atoms. The first-order chi connectivity index (χ1) is 8.60. The maximum absolute atomic E-state index is 11.3. The Kier molecular flexibility index (Phi) is 3.72. The third kappa shape index (κ3) is 2.73. The second-order valence-electron chi connectivity index (χ2n) is 4.59. The highest BCUT2D eigenvalue weighted by Crippen LogP contribution is 2.21. The summed E-state index contributed by atoms with van der Waals surface area (Å²) in [6.45, 7) is 2.95. The Morgan fingerprint density at radius 2 is 2.11 bits per heavy atom. The molecule has 2 atom stereocenters. The lowest BCUT2D eigenvalue weighted by Gasteiger charge is -2.18. The van der Waals surface area contributed by atoms with E-state index < -0.39 is 6.10 Å². The van der Waals surface area contributed by atoms with Gasteiger partial charge in [0.25, 0.3) is 0 Å². The summed E-state index contributed by atoms with van der Waals surface area (Å²) in [6.07, 6.45) is -0.0940. The van der Waals surface area contributed by atoms with Gasteiger partial charge in [-0.3, -0.25) is 4.79 Å². The van der Waals surface area contributed by atoms with Crippen molar-refractivity contribution in [3.05, 3.63) is 24.3 Å². The zero-order chi connectivity index (χ0) is 13.1. The number of nitrogen functional groups attached to an aromatic ring is 1. The molecular formula is C13H19N3O2. The van der Waals surface area contributed by atoms with Gasteiger partial charge in [-0.1, -0.05) is 6.92 Å². The van der Waals surface area contributed by atoms with E-state index in [-0.39, 0.29) is 11.9 Å². The minimum Gasteiger partial charge on any atom is -0.399 e. The summed E-state index contributed by atoms with van der Waals surface area (Å²) in [4.78, 5) is 13.4. The zero-order valence-electron chi connectivity index (χ0n) is 10.5. The Hall–Kier alpha value is -1.75. The maximum Gasteiger partial charge on any atom is 0.220 e. The first-order valence-electron chi connectivity index (χ1n) is 6.18. The van der Waals surface area contributed by atoms with Crippen LogP contribution in [0.25, 0.3) is 0 Å². The number of benzene rings is 1. The number of nitrogens with zero attached hydrogens (tertiary/aromatic N) is 1. The SMILES string of the molecule is CCC(=O)NC1CN(c2ccc(N)cc2)CC1O. The van der Waals surface area contributed by atoms with Gasteiger partial charge >= 0.3 is 0 Å². The van der Waals surface area contributed by atoms with Gasteiger partial charge in [0.2, 0.25) is 5.91 Å². The summed E-state index contributed by atoms with van der Waals surface area (Å²) < 4.78 is 0. The van der Waals surface area contributed by atoms with Crippen LogP contribution in [0, 0.1) is 0 Å². The standard InChI is InChI=1S/C13H19N3O2/c1-2-13(18)15-11-7-16(8-12(11)17)10-5-3-9(14)4-6-10/h3-6,11-12,17H,2,7-8,14H2,1H3,(H,15,18). The summed E-state index contributed by atoms with van der Waals surface area (Å²) in [6, 6.07) is 7.31. The molecule has 1 saturated heterocycles. The number of hydrogen-bond acceptors (Lipinski definition) is 4. The van der Waals surface area contributed by atoms with Gasteiger partial charge < -0.3 is 21.1 Å². The van der Waals surface area contributed by atoms with Crippen molar-refractivity contribution in [2.75, 3.05) is 23.7 Å². The largest absolute Gasteiger partial charge is 0.399 e. The summed E-state index contributed by atoms with van der Waals surface area (Å²) in [7, 11) is 0. The topological polar surface area (TPSA) is 78.6 Å². The second kappa shape index (κ2) is 5.27. The van der Waals surface area contributed by atoms with Crippen molar-refractivity contribution < 1.29 is 9.90 Å². The van der Waals surface area contributed by atoms with Crippen molar-refractivity contribution in [1.82, 2.24) is 5.32 Å². The molecule has 1 heterocycles. The van der Waals surface area contributed by atoms with E-state index in [1.165, 1.54) is 0 Å². The maximum atomic E-state index is 11.3. The van der Waals surface area contributed by atoms with E-state index >= 15 is 0 Å². The van der Waals surface area contributed by atoms with Crippen molar-refractivity contribution in [2.45, 2.75) is 25.5 Å². The van der Waals surface area contributed by atoms with Gasteiger partial charge in [0.05, 0.1) is 12.1 Å². The van der Waals surface area contributed by atoms with Crippen molar-refractivity contribution in [1.29, 1.82) is 0 Å². The predicted molar refractivity (Wildman–Crippen MR) is 71.3 cm³/mol. The molecule has 5 nitrogen and oxygen atoms in total. The predicted octanol–water partition coefficient (Wildman–Crippen LogP) is 0.344. The number of amides is 1. The van der Waals surface area contributed by atoms with Crippen LogP contribution in [0.3, 0.4) is 0 Å². The summed E-state index contributed by atoms with van der Waals surface area (Å²) in [5.41, 5.74) is 7.37. The van der Waals surface area contributed by atoms with Crippen LogP contribution in [0.15, 0.2) is 24.3 Å². The molecular weight excluding hydrogens is 230 g/mol. The first kappa shape index (κ1) is 12.7. The van der Waals surface area contributed by atoms with Crippen LogP contribution in [0.4, 0.5) is 11.4 Å². The quantitative estimate of drug-likeness (QED) is 0.675. The molecule has 5 heteroatoms. The number of anilines is 2. The molecule has 0 aliphatic carbocycles. The average Bonchev–Trinajstić information content (AvgIpc) is 2.71. The number of aliphatic hydroxyl groups is 1. The molecule has 2 rings (SSSR count). The smallest absolute Gasteiger partial charge is 0.220 e. The normalized spacial score (nSPS) is 23.1. The van der Waals surface area contributed by atoms with E-state index in [2.05, 4.69) is 5.32 Å². The number of β-amino-alcohol motifs (C(OH)–C–C–N with tert-alkyl or cyclic N) is 1. The Labute approximate surface area is 107 Å². The zero-order valence-corrected chi connectivity index (χ0v) is 10.5. The van der Waals surface area contributed by atoms with Crippen LogP contribution in [0.1, 0.15) is 13.3 Å². The van der Waals surface area contributed by atoms with E-state index in [9.17, 15) is 9.90 Å². The minimum atomic E-state index is -0.530. The Morgan fingerprint density at radius 1 is 1.44 bits per heavy atom. The van der Waals surface area contributed by atoms with E-state index in [0.717, 1.165) is 5.69 Å². The molecule has 1 aromatic carbocycles. The van der Waals surface area contributed by atoms with Crippen LogP contribution in [0.5, 0.6) is 0 Å². The highest BCUT2D eigenvalue weighted by Gasteiger charge is 2.32. The first-order valence-corrected chi connectivity index (χ1v) is 6.18. The van der Waals surface area contributed by atoms with Crippen molar-refractivity contribution in [2.24, 2.45) is 0 Å². The second-order valence-corrected chi connectivity index (χ2v) is 4.59. The summed E-state index contributed by atoms with van der Waals surface area (Å²) in [5.74, 6) is -0.0294. The van der Waals surface area contributed by atoms with Crippen LogP contribution in [-0.2, 0) is 4.79 Å². The van der Waals surface area contributed by atoms with E-state index in [1.807, 2.05) is 29.2 Å². The molecule has 1 aliphatic rings. The highest BCUT2D eigenvalue weighted by molar-refractivity contribution is 5.76. The molecule has 1 fully saturated rings. The molecule has 1 aliphatic heterocycles. The molecule has 2 unspecified atom stereocenters. The third-order valence-corrected chi connectivity index (χ3v) is 3.21. The number of carbonyl (C=O) groups excluding carboxylic acids is 1.